The summed E-state index contributed by atoms with van der Waals surface area (Å²) in [6.45, 7) is 5.87. The highest BCUT2D eigenvalue weighted by Crippen LogP contribution is 2.27. The number of para-hydroxylation sites is 1. The molecule has 7 nitrogen and oxygen atoms in total. The van der Waals surface area contributed by atoms with E-state index in [4.69, 9.17) is 0 Å². The van der Waals surface area contributed by atoms with Gasteiger partial charge in [0.15, 0.2) is 0 Å². The lowest BCUT2D eigenvalue weighted by Gasteiger charge is -2.10. The number of benzene rings is 2. The number of aromatic nitrogens is 3. The van der Waals surface area contributed by atoms with Crippen LogP contribution in [-0.4, -0.2) is 38.4 Å². The van der Waals surface area contributed by atoms with Gasteiger partial charge in [0.25, 0.3) is 5.91 Å². The van der Waals surface area contributed by atoms with Crippen LogP contribution in [0, 0.1) is 20.8 Å². The summed E-state index contributed by atoms with van der Waals surface area (Å²) in [6, 6.07) is 17.7. The molecule has 2 N–H and O–H groups in total. The van der Waals surface area contributed by atoms with Gasteiger partial charge in [-0.15, -0.1) is 0 Å². The zero-order valence-corrected chi connectivity index (χ0v) is 20.8. The molecule has 1 saturated carbocycles. The predicted molar refractivity (Wildman–Crippen MR) is 139 cm³/mol. The van der Waals surface area contributed by atoms with Crippen molar-refractivity contribution < 1.29 is 9.59 Å². The Hall–Kier alpha value is -3.65. The second kappa shape index (κ2) is 9.54. The van der Waals surface area contributed by atoms with Gasteiger partial charge in [-0.3, -0.25) is 9.59 Å². The fraction of sp³-hybridized carbons (Fsp3) is 0.259. The first-order valence-electron chi connectivity index (χ1n) is 11.7. The third-order valence-corrected chi connectivity index (χ3v) is 6.95. The van der Waals surface area contributed by atoms with Crippen molar-refractivity contribution in [1.82, 2.24) is 20.1 Å². The first kappa shape index (κ1) is 23.1. The molecule has 0 bridgehead atoms. The summed E-state index contributed by atoms with van der Waals surface area (Å²) in [5.74, 6) is -0.0698. The minimum atomic E-state index is -0.149. The Morgan fingerprint density at radius 2 is 1.80 bits per heavy atom. The van der Waals surface area contributed by atoms with Crippen molar-refractivity contribution in [3.63, 3.8) is 0 Å². The molecule has 1 aliphatic rings. The van der Waals surface area contributed by atoms with Crippen LogP contribution in [0.4, 0.5) is 5.69 Å². The Labute approximate surface area is 208 Å². The number of carbonyl (C=O) groups is 2. The Balaban J connectivity index is 1.31. The molecule has 0 radical (unpaired) electrons. The highest BCUT2D eigenvalue weighted by molar-refractivity contribution is 7.99. The lowest BCUT2D eigenvalue weighted by Crippen LogP contribution is -2.25. The van der Waals surface area contributed by atoms with Crippen LogP contribution in [0.3, 0.4) is 0 Å². The van der Waals surface area contributed by atoms with E-state index in [2.05, 4.69) is 20.7 Å². The lowest BCUT2D eigenvalue weighted by atomic mass is 10.1. The SMILES string of the molecule is Cc1ccc(-n2nc(C)c(NC(=O)CSc3cc(C(=O)NC4CC4)c4ccccc4n3)c2C)cc1. The monoisotopic (exact) mass is 485 g/mol. The fourth-order valence-corrected chi connectivity index (χ4v) is 4.69. The number of pyridine rings is 1. The predicted octanol–water partition coefficient (Wildman–Crippen LogP) is 4.97. The highest BCUT2D eigenvalue weighted by Gasteiger charge is 2.25. The number of hydrogen-bond acceptors (Lipinski definition) is 5. The van der Waals surface area contributed by atoms with Crippen LogP contribution in [0.5, 0.6) is 0 Å². The van der Waals surface area contributed by atoms with Gasteiger partial charge in [-0.2, -0.15) is 5.10 Å². The van der Waals surface area contributed by atoms with Gasteiger partial charge < -0.3 is 10.6 Å². The van der Waals surface area contributed by atoms with Crippen LogP contribution in [0.1, 0.15) is 40.2 Å². The number of thioether (sulfide) groups is 1. The number of carbonyl (C=O) groups excluding carboxylic acids is 2. The van der Waals surface area contributed by atoms with E-state index in [0.29, 0.717) is 16.3 Å². The number of nitrogens with one attached hydrogen (secondary N) is 2. The summed E-state index contributed by atoms with van der Waals surface area (Å²) in [5, 5.41) is 12.1. The molecule has 178 valence electrons. The number of nitrogens with zero attached hydrogens (tertiary/aromatic N) is 3. The van der Waals surface area contributed by atoms with Crippen molar-refractivity contribution in [2.24, 2.45) is 0 Å². The molecular formula is C27H27N5O2S. The number of fused-ring (bicyclic) bond motifs is 1. The molecule has 4 aromatic rings. The molecule has 0 unspecified atom stereocenters. The average Bonchev–Trinajstić information content (AvgIpc) is 3.63. The molecule has 2 heterocycles. The molecule has 2 amide bonds. The molecule has 0 atom stereocenters. The molecule has 5 rings (SSSR count). The molecule has 0 aliphatic heterocycles. The van der Waals surface area contributed by atoms with Gasteiger partial charge in [0.1, 0.15) is 0 Å². The van der Waals surface area contributed by atoms with Crippen LogP contribution >= 0.6 is 11.8 Å². The summed E-state index contributed by atoms with van der Waals surface area (Å²) in [6.07, 6.45) is 2.05. The smallest absolute Gasteiger partial charge is 0.252 e. The molecule has 8 heteroatoms. The third-order valence-electron chi connectivity index (χ3n) is 6.04. The molecule has 0 saturated heterocycles. The number of aryl methyl sites for hydroxylation is 2. The molecule has 2 aromatic heterocycles. The van der Waals surface area contributed by atoms with Crippen LogP contribution in [0.25, 0.3) is 16.6 Å². The molecule has 2 aromatic carbocycles. The largest absolute Gasteiger partial charge is 0.349 e. The van der Waals surface area contributed by atoms with Crippen molar-refractivity contribution >= 4 is 40.2 Å². The zero-order chi connectivity index (χ0) is 24.5. The van der Waals surface area contributed by atoms with Gasteiger partial charge in [0.2, 0.25) is 5.91 Å². The van der Waals surface area contributed by atoms with Crippen molar-refractivity contribution in [2.75, 3.05) is 11.1 Å². The van der Waals surface area contributed by atoms with E-state index < -0.39 is 0 Å². The molecule has 1 aliphatic carbocycles. The number of amides is 2. The maximum Gasteiger partial charge on any atom is 0.252 e. The maximum absolute atomic E-state index is 12.8. The second-order valence-corrected chi connectivity index (χ2v) is 9.90. The molecular weight excluding hydrogens is 458 g/mol. The Kier molecular flexibility index (Phi) is 6.30. The fourth-order valence-electron chi connectivity index (χ4n) is 3.98. The van der Waals surface area contributed by atoms with Crippen LogP contribution in [-0.2, 0) is 4.79 Å². The Morgan fingerprint density at radius 3 is 2.54 bits per heavy atom. The van der Waals surface area contributed by atoms with Crippen molar-refractivity contribution in [3.05, 3.63) is 77.1 Å². The van der Waals surface area contributed by atoms with E-state index in [-0.39, 0.29) is 23.6 Å². The van der Waals surface area contributed by atoms with Crippen LogP contribution < -0.4 is 10.6 Å². The maximum atomic E-state index is 12.8. The third kappa shape index (κ3) is 5.07. The Bertz CT molecular complexity index is 1420. The summed E-state index contributed by atoms with van der Waals surface area (Å²) < 4.78 is 1.84. The highest BCUT2D eigenvalue weighted by atomic mass is 32.2. The summed E-state index contributed by atoms with van der Waals surface area (Å²) in [5.41, 5.74) is 5.80. The lowest BCUT2D eigenvalue weighted by molar-refractivity contribution is -0.113. The van der Waals surface area contributed by atoms with Gasteiger partial charge in [-0.25, -0.2) is 9.67 Å². The first-order valence-corrected chi connectivity index (χ1v) is 12.6. The summed E-state index contributed by atoms with van der Waals surface area (Å²) in [7, 11) is 0. The molecule has 1 fully saturated rings. The zero-order valence-electron chi connectivity index (χ0n) is 20.0. The second-order valence-electron chi connectivity index (χ2n) is 8.90. The standard InChI is InChI=1S/C27H27N5O2S/c1-16-8-12-20(13-9-16)32-18(3)26(17(2)31-32)30-24(33)15-35-25-14-22(27(34)28-19-10-11-19)21-6-4-5-7-23(21)29-25/h4-9,12-14,19H,10-11,15H2,1-3H3,(H,28,34)(H,30,33). The van der Waals surface area contributed by atoms with Gasteiger partial charge in [0.05, 0.1) is 44.6 Å². The normalized spacial score (nSPS) is 13.1. The van der Waals surface area contributed by atoms with Gasteiger partial charge in [0, 0.05) is 11.4 Å². The van der Waals surface area contributed by atoms with Gasteiger partial charge in [-0.05, 0) is 57.9 Å². The van der Waals surface area contributed by atoms with Gasteiger partial charge >= 0.3 is 0 Å². The first-order chi connectivity index (χ1) is 16.9. The van der Waals surface area contributed by atoms with Crippen molar-refractivity contribution in [3.8, 4) is 5.69 Å². The number of rotatable bonds is 7. The number of anilines is 1. The van der Waals surface area contributed by atoms with Crippen molar-refractivity contribution in [1.29, 1.82) is 0 Å². The van der Waals surface area contributed by atoms with E-state index in [0.717, 1.165) is 40.8 Å². The van der Waals surface area contributed by atoms with Crippen LogP contribution in [0.15, 0.2) is 59.6 Å². The van der Waals surface area contributed by atoms with E-state index in [1.165, 1.54) is 17.3 Å². The van der Waals surface area contributed by atoms with E-state index in [1.807, 2.05) is 74.0 Å². The summed E-state index contributed by atoms with van der Waals surface area (Å²) in [4.78, 5) is 30.3. The average molecular weight is 486 g/mol. The summed E-state index contributed by atoms with van der Waals surface area (Å²) >= 11 is 1.31. The quantitative estimate of drug-likeness (QED) is 0.361. The molecule has 35 heavy (non-hydrogen) atoms. The topological polar surface area (TPSA) is 88.9 Å². The van der Waals surface area contributed by atoms with Gasteiger partial charge in [-0.1, -0.05) is 47.7 Å². The minimum Gasteiger partial charge on any atom is -0.349 e. The van der Waals surface area contributed by atoms with E-state index in [1.54, 1.807) is 6.07 Å². The minimum absolute atomic E-state index is 0.0906. The number of hydrogen-bond donors (Lipinski definition) is 2. The van der Waals surface area contributed by atoms with E-state index >= 15 is 0 Å². The Morgan fingerprint density at radius 1 is 1.06 bits per heavy atom. The van der Waals surface area contributed by atoms with Crippen molar-refractivity contribution in [2.45, 2.75) is 44.7 Å². The van der Waals surface area contributed by atoms with Crippen LogP contribution in [0.2, 0.25) is 0 Å². The molecule has 0 spiro atoms. The van der Waals surface area contributed by atoms with E-state index in [9.17, 15) is 9.59 Å².